The van der Waals surface area contributed by atoms with E-state index in [1.54, 1.807) is 32.2 Å². The van der Waals surface area contributed by atoms with E-state index in [9.17, 15) is 18.3 Å². The number of hydrogen-bond acceptors (Lipinski definition) is 10. The van der Waals surface area contributed by atoms with Gasteiger partial charge in [0, 0.05) is 57.0 Å². The zero-order valence-corrected chi connectivity index (χ0v) is 32.3. The van der Waals surface area contributed by atoms with Gasteiger partial charge in [-0.3, -0.25) is 14.6 Å². The third-order valence-corrected chi connectivity index (χ3v) is 14.5. The number of carbonyl (C=O) groups excluding carboxylic acids is 1. The van der Waals surface area contributed by atoms with Gasteiger partial charge in [-0.2, -0.15) is 0 Å². The molecule has 3 fully saturated rings. The van der Waals surface area contributed by atoms with Crippen LogP contribution in [0.4, 0.5) is 5.69 Å². The van der Waals surface area contributed by atoms with Crippen LogP contribution in [0.3, 0.4) is 0 Å². The SMILES string of the molecule is CO[C@@]1(CN2CC3(C2)CN(C)C(O)O3)/C=C/C[C@H](C)[C@@H](C)S(=O)(=O)NC(=O)c2ccc3c(c2)N(CCCCc2cc(Cl)ccc2CO3)C[C@@H]2CC[C@H]21. The number of fused-ring (bicyclic) bond motifs is 3. The number of allylic oxidation sites excluding steroid dienone is 1. The molecule has 0 aromatic heterocycles. The van der Waals surface area contributed by atoms with Crippen molar-refractivity contribution < 1.29 is 32.5 Å². The molecular weight excluding hydrogens is 704 g/mol. The van der Waals surface area contributed by atoms with Gasteiger partial charge >= 0.3 is 0 Å². The van der Waals surface area contributed by atoms with Crippen molar-refractivity contribution in [1.82, 2.24) is 14.5 Å². The highest BCUT2D eigenvalue weighted by Crippen LogP contribution is 2.48. The number of sulfonamides is 1. The number of likely N-dealkylation sites (N-methyl/N-ethyl adjacent to an activating group) is 1. The number of carbonyl (C=O) groups is 1. The summed E-state index contributed by atoms with van der Waals surface area (Å²) in [7, 11) is -0.326. The van der Waals surface area contributed by atoms with Gasteiger partial charge in [-0.25, -0.2) is 13.1 Å². The lowest BCUT2D eigenvalue weighted by molar-refractivity contribution is -0.214. The van der Waals surface area contributed by atoms with Crippen molar-refractivity contribution >= 4 is 33.2 Å². The van der Waals surface area contributed by atoms with Crippen LogP contribution in [0.25, 0.3) is 0 Å². The molecule has 13 heteroatoms. The Morgan fingerprint density at radius 3 is 2.60 bits per heavy atom. The van der Waals surface area contributed by atoms with E-state index in [4.69, 9.17) is 25.8 Å². The number of halogens is 1. The minimum atomic E-state index is -3.98. The lowest BCUT2D eigenvalue weighted by Crippen LogP contribution is -2.68. The van der Waals surface area contributed by atoms with Gasteiger partial charge in [-0.15, -0.1) is 0 Å². The second kappa shape index (κ2) is 14.8. The number of aliphatic hydroxyl groups excluding tert-OH is 1. The van der Waals surface area contributed by atoms with Gasteiger partial charge in [0.2, 0.25) is 16.4 Å². The van der Waals surface area contributed by atoms with Gasteiger partial charge in [-0.1, -0.05) is 36.7 Å². The maximum atomic E-state index is 13.6. The minimum absolute atomic E-state index is 0.202. The van der Waals surface area contributed by atoms with Crippen molar-refractivity contribution in [2.24, 2.45) is 17.8 Å². The molecule has 1 unspecified atom stereocenters. The third-order valence-electron chi connectivity index (χ3n) is 12.3. The van der Waals surface area contributed by atoms with E-state index >= 15 is 0 Å². The molecule has 6 atom stereocenters. The molecule has 7 rings (SSSR count). The number of anilines is 1. The van der Waals surface area contributed by atoms with Crippen LogP contribution in [0, 0.1) is 17.8 Å². The largest absolute Gasteiger partial charge is 0.487 e. The van der Waals surface area contributed by atoms with Gasteiger partial charge in [0.05, 0.1) is 10.9 Å². The molecule has 4 heterocycles. The standard InChI is InChI=1S/C39H53ClN4O7S/c1-26-8-7-16-39(49-4,25-43-23-38(24-43)22-42(3)37(46)51-38)33-14-11-30(33)20-44-17-6-5-9-28-18-32(40)13-10-31(28)21-50-35-15-12-29(19-34(35)44)36(45)41-52(47,48)27(26)2/h7,10,12-13,15-16,18-19,26-27,30,33,37,46H,5-6,8-9,11,14,17,20-25H2,1-4H3,(H,41,45)/b16-7+/t26-,27+,30-,33+,37?,39+/m0/s1. The Balaban J connectivity index is 1.24. The molecule has 1 aliphatic carbocycles. The second-order valence-electron chi connectivity index (χ2n) is 15.9. The van der Waals surface area contributed by atoms with E-state index in [-0.39, 0.29) is 23.0 Å². The number of nitrogens with one attached hydrogen (secondary N) is 1. The maximum absolute atomic E-state index is 13.6. The van der Waals surface area contributed by atoms with Gasteiger partial charge in [0.25, 0.3) is 5.91 Å². The van der Waals surface area contributed by atoms with Crippen LogP contribution in [0.5, 0.6) is 5.75 Å². The third kappa shape index (κ3) is 7.49. The van der Waals surface area contributed by atoms with Crippen LogP contribution < -0.4 is 14.4 Å². The summed E-state index contributed by atoms with van der Waals surface area (Å²) in [6.45, 7) is 8.11. The summed E-state index contributed by atoms with van der Waals surface area (Å²) in [5.41, 5.74) is 2.30. The number of aryl methyl sites for hydroxylation is 1. The molecule has 1 spiro atoms. The Hall–Kier alpha value is -2.71. The fourth-order valence-corrected chi connectivity index (χ4v) is 10.4. The molecule has 52 heavy (non-hydrogen) atoms. The number of hydrogen-bond donors (Lipinski definition) is 2. The molecule has 5 aliphatic rings. The van der Waals surface area contributed by atoms with Crippen molar-refractivity contribution in [3.8, 4) is 5.75 Å². The summed E-state index contributed by atoms with van der Waals surface area (Å²) in [6, 6.07) is 11.2. The van der Waals surface area contributed by atoms with E-state index in [0.717, 1.165) is 56.4 Å². The zero-order valence-electron chi connectivity index (χ0n) is 30.7. The van der Waals surface area contributed by atoms with Crippen molar-refractivity contribution in [1.29, 1.82) is 0 Å². The van der Waals surface area contributed by atoms with E-state index in [2.05, 4.69) is 26.7 Å². The molecule has 4 aliphatic heterocycles. The van der Waals surface area contributed by atoms with E-state index < -0.39 is 33.2 Å². The van der Waals surface area contributed by atoms with Crippen molar-refractivity contribution in [2.75, 3.05) is 58.3 Å². The number of ether oxygens (including phenoxy) is 3. The van der Waals surface area contributed by atoms with Crippen LogP contribution in [-0.4, -0.2) is 106 Å². The van der Waals surface area contributed by atoms with Crippen molar-refractivity contribution in [3.63, 3.8) is 0 Å². The quantitative estimate of drug-likeness (QED) is 0.423. The average molecular weight is 757 g/mol. The normalized spacial score (nSPS) is 33.0. The topological polar surface area (TPSA) is 121 Å². The Kier molecular flexibility index (Phi) is 10.7. The predicted molar refractivity (Wildman–Crippen MR) is 201 cm³/mol. The summed E-state index contributed by atoms with van der Waals surface area (Å²) in [5.74, 6) is 0.246. The molecule has 2 aromatic rings. The summed E-state index contributed by atoms with van der Waals surface area (Å²) in [4.78, 5) is 20.1. The first-order valence-electron chi connectivity index (χ1n) is 18.7. The summed E-state index contributed by atoms with van der Waals surface area (Å²) < 4.78 is 48.6. The molecular formula is C39H53ClN4O7S. The molecule has 2 N–H and O–H groups in total. The lowest BCUT2D eigenvalue weighted by atomic mass is 9.63. The van der Waals surface area contributed by atoms with Crippen LogP contribution in [-0.2, 0) is 32.5 Å². The first-order valence-corrected chi connectivity index (χ1v) is 20.6. The molecule has 284 valence electrons. The van der Waals surface area contributed by atoms with E-state index in [1.807, 2.05) is 37.1 Å². The first-order chi connectivity index (χ1) is 24.8. The fraction of sp³-hybridized carbons (Fsp3) is 0.615. The molecule has 2 aromatic carbocycles. The van der Waals surface area contributed by atoms with Crippen LogP contribution in [0.2, 0.25) is 5.02 Å². The van der Waals surface area contributed by atoms with Gasteiger partial charge in [0.15, 0.2) is 0 Å². The Morgan fingerprint density at radius 2 is 1.88 bits per heavy atom. The molecule has 11 nitrogen and oxygen atoms in total. The lowest BCUT2D eigenvalue weighted by Gasteiger charge is -2.55. The fourth-order valence-electron chi connectivity index (χ4n) is 8.92. The summed E-state index contributed by atoms with van der Waals surface area (Å²) in [5, 5.41) is 10.2. The highest BCUT2D eigenvalue weighted by atomic mass is 35.5. The summed E-state index contributed by atoms with van der Waals surface area (Å²) in [6.07, 6.45) is 8.65. The van der Waals surface area contributed by atoms with Gasteiger partial charge < -0.3 is 24.2 Å². The number of benzene rings is 2. The number of rotatable bonds is 3. The number of nitrogens with zero attached hydrogens (tertiary/aromatic N) is 3. The Labute approximate surface area is 313 Å². The minimum Gasteiger partial charge on any atom is -0.487 e. The maximum Gasteiger partial charge on any atom is 0.264 e. The molecule has 1 amide bonds. The zero-order chi connectivity index (χ0) is 36.8. The van der Waals surface area contributed by atoms with Crippen LogP contribution >= 0.6 is 11.6 Å². The van der Waals surface area contributed by atoms with Crippen LogP contribution in [0.1, 0.15) is 67.4 Å². The van der Waals surface area contributed by atoms with Crippen LogP contribution in [0.15, 0.2) is 48.6 Å². The van der Waals surface area contributed by atoms with Crippen molar-refractivity contribution in [3.05, 3.63) is 70.3 Å². The molecule has 2 saturated heterocycles. The van der Waals surface area contributed by atoms with Gasteiger partial charge in [0.1, 0.15) is 23.6 Å². The number of methoxy groups -OCH3 is 1. The number of aliphatic hydroxyl groups is 1. The first kappa shape index (κ1) is 37.6. The predicted octanol–water partition coefficient (Wildman–Crippen LogP) is 4.81. The number of likely N-dealkylation sites (tertiary alicyclic amines) is 1. The second-order valence-corrected chi connectivity index (χ2v) is 18.3. The number of amides is 1. The molecule has 0 radical (unpaired) electrons. The van der Waals surface area contributed by atoms with E-state index in [0.29, 0.717) is 55.9 Å². The average Bonchev–Trinajstić information content (AvgIpc) is 3.37. The Bertz CT molecular complexity index is 1770. The molecule has 1 saturated carbocycles. The Morgan fingerprint density at radius 1 is 1.08 bits per heavy atom. The highest BCUT2D eigenvalue weighted by molar-refractivity contribution is 7.90. The van der Waals surface area contributed by atoms with Crippen molar-refractivity contribution in [2.45, 2.75) is 81.8 Å². The smallest absolute Gasteiger partial charge is 0.264 e. The van der Waals surface area contributed by atoms with Gasteiger partial charge in [-0.05, 0) is 112 Å². The monoisotopic (exact) mass is 756 g/mol. The highest BCUT2D eigenvalue weighted by Gasteiger charge is 2.55. The van der Waals surface area contributed by atoms with E-state index in [1.165, 1.54) is 5.56 Å². The molecule has 2 bridgehead atoms. The summed E-state index contributed by atoms with van der Waals surface area (Å²) >= 11 is 6.39.